The van der Waals surface area contributed by atoms with Gasteiger partial charge in [0.25, 0.3) is 0 Å². The van der Waals surface area contributed by atoms with Crippen molar-refractivity contribution in [1.82, 2.24) is 15.2 Å². The third-order valence-electron chi connectivity index (χ3n) is 3.40. The monoisotopic (exact) mass is 311 g/mol. The molecule has 0 aromatic carbocycles. The Labute approximate surface area is 118 Å². The molecule has 0 aliphatic carbocycles. The molecule has 0 radical (unpaired) electrons. The van der Waals surface area contributed by atoms with Gasteiger partial charge >= 0.3 is 0 Å². The molecule has 0 unspecified atom stereocenters. The fourth-order valence-corrected chi connectivity index (χ4v) is 3.17. The minimum absolute atomic E-state index is 0.220. The summed E-state index contributed by atoms with van der Waals surface area (Å²) in [5, 5.41) is 3.42. The van der Waals surface area contributed by atoms with Crippen molar-refractivity contribution in [1.29, 1.82) is 0 Å². The first-order chi connectivity index (χ1) is 8.48. The van der Waals surface area contributed by atoms with E-state index in [0.717, 1.165) is 30.8 Å². The minimum atomic E-state index is 0.220. The first kappa shape index (κ1) is 14.0. The quantitative estimate of drug-likeness (QED) is 0.851. The van der Waals surface area contributed by atoms with Crippen LogP contribution in [0.3, 0.4) is 0 Å². The van der Waals surface area contributed by atoms with Crippen LogP contribution in [-0.2, 0) is 0 Å². The smallest absolute Gasteiger partial charge is 0.106 e. The van der Waals surface area contributed by atoms with Gasteiger partial charge in [-0.25, -0.2) is 4.98 Å². The van der Waals surface area contributed by atoms with Crippen molar-refractivity contribution in [3.8, 4) is 0 Å². The van der Waals surface area contributed by atoms with E-state index in [-0.39, 0.29) is 5.41 Å². The lowest BCUT2D eigenvalue weighted by Crippen LogP contribution is -2.48. The highest BCUT2D eigenvalue weighted by atomic mass is 79.9. The summed E-state index contributed by atoms with van der Waals surface area (Å²) in [6, 6.07) is 4.74. The summed E-state index contributed by atoms with van der Waals surface area (Å²) >= 11 is 3.48. The molecular formula is C14H22BrN3. The summed E-state index contributed by atoms with van der Waals surface area (Å²) in [5.41, 5.74) is 1.57. The second-order valence-corrected chi connectivity index (χ2v) is 6.78. The zero-order chi connectivity index (χ0) is 13.2. The molecule has 1 aromatic heterocycles. The van der Waals surface area contributed by atoms with Crippen LogP contribution in [0.5, 0.6) is 0 Å². The van der Waals surface area contributed by atoms with Crippen LogP contribution >= 0.6 is 15.9 Å². The molecular weight excluding hydrogens is 290 g/mol. The molecule has 100 valence electrons. The lowest BCUT2D eigenvalue weighted by molar-refractivity contribution is 0.0861. The van der Waals surface area contributed by atoms with Crippen molar-refractivity contribution in [2.24, 2.45) is 5.41 Å². The zero-order valence-corrected chi connectivity index (χ0v) is 13.0. The van der Waals surface area contributed by atoms with Gasteiger partial charge in [0.2, 0.25) is 0 Å². The van der Waals surface area contributed by atoms with E-state index in [1.54, 1.807) is 0 Å². The number of halogens is 1. The largest absolute Gasteiger partial charge is 0.314 e. The van der Waals surface area contributed by atoms with Crippen LogP contribution in [0.4, 0.5) is 0 Å². The first-order valence-corrected chi connectivity index (χ1v) is 7.34. The Morgan fingerprint density at radius 3 is 2.56 bits per heavy atom. The average Bonchev–Trinajstić information content (AvgIpc) is 2.28. The summed E-state index contributed by atoms with van der Waals surface area (Å²) in [6.07, 6.45) is 1.89. The van der Waals surface area contributed by atoms with E-state index in [2.05, 4.69) is 64.0 Å². The number of aromatic nitrogens is 1. The van der Waals surface area contributed by atoms with Gasteiger partial charge in [0.15, 0.2) is 0 Å². The van der Waals surface area contributed by atoms with Crippen LogP contribution in [-0.4, -0.2) is 36.1 Å². The van der Waals surface area contributed by atoms with Crippen LogP contribution < -0.4 is 5.32 Å². The summed E-state index contributed by atoms with van der Waals surface area (Å²) in [5.74, 6) is 0. The number of rotatable bonds is 2. The molecule has 2 rings (SSSR count). The molecule has 1 saturated heterocycles. The molecule has 1 fully saturated rings. The van der Waals surface area contributed by atoms with Gasteiger partial charge in [0, 0.05) is 38.4 Å². The molecule has 1 aromatic rings. The molecule has 1 aliphatic rings. The highest BCUT2D eigenvalue weighted by Gasteiger charge is 2.32. The van der Waals surface area contributed by atoms with Gasteiger partial charge in [0.05, 0.1) is 0 Å². The normalized spacial score (nSPS) is 19.8. The summed E-state index contributed by atoms with van der Waals surface area (Å²) in [7, 11) is 0. The Morgan fingerprint density at radius 2 is 2.00 bits per heavy atom. The van der Waals surface area contributed by atoms with Crippen LogP contribution in [0, 0.1) is 5.41 Å². The molecule has 1 atom stereocenters. The van der Waals surface area contributed by atoms with Crippen LogP contribution in [0.25, 0.3) is 0 Å². The molecule has 0 saturated carbocycles. The third kappa shape index (κ3) is 3.31. The molecule has 0 spiro atoms. The van der Waals surface area contributed by atoms with Gasteiger partial charge in [-0.1, -0.05) is 20.8 Å². The van der Waals surface area contributed by atoms with E-state index in [1.165, 1.54) is 5.56 Å². The Bertz CT molecular complexity index is 394. The van der Waals surface area contributed by atoms with E-state index in [0.29, 0.717) is 6.04 Å². The number of nitrogens with zero attached hydrogens (tertiary/aromatic N) is 2. The number of nitrogens with one attached hydrogen (secondary N) is 1. The molecule has 18 heavy (non-hydrogen) atoms. The maximum Gasteiger partial charge on any atom is 0.106 e. The van der Waals surface area contributed by atoms with Crippen LogP contribution in [0.2, 0.25) is 0 Å². The highest BCUT2D eigenvalue weighted by Crippen LogP contribution is 2.38. The van der Waals surface area contributed by atoms with Crippen molar-refractivity contribution in [3.05, 3.63) is 28.5 Å². The summed E-state index contributed by atoms with van der Waals surface area (Å²) < 4.78 is 0.921. The van der Waals surface area contributed by atoms with E-state index in [4.69, 9.17) is 0 Å². The Hall–Kier alpha value is -0.450. The van der Waals surface area contributed by atoms with E-state index >= 15 is 0 Å². The van der Waals surface area contributed by atoms with Gasteiger partial charge < -0.3 is 5.32 Å². The summed E-state index contributed by atoms with van der Waals surface area (Å²) in [6.45, 7) is 11.3. The predicted molar refractivity (Wildman–Crippen MR) is 78.6 cm³/mol. The number of pyridine rings is 1. The Balaban J connectivity index is 2.30. The van der Waals surface area contributed by atoms with Gasteiger partial charge in [-0.15, -0.1) is 0 Å². The lowest BCUT2D eigenvalue weighted by Gasteiger charge is -2.42. The van der Waals surface area contributed by atoms with Gasteiger partial charge in [-0.05, 0) is 39.0 Å². The number of hydrogen-bond acceptors (Lipinski definition) is 3. The number of hydrogen-bond donors (Lipinski definition) is 1. The summed E-state index contributed by atoms with van der Waals surface area (Å²) in [4.78, 5) is 6.82. The van der Waals surface area contributed by atoms with E-state index < -0.39 is 0 Å². The maximum atomic E-state index is 4.24. The average molecular weight is 312 g/mol. The molecule has 4 heteroatoms. The molecule has 1 N–H and O–H groups in total. The highest BCUT2D eigenvalue weighted by molar-refractivity contribution is 9.10. The van der Waals surface area contributed by atoms with Crippen molar-refractivity contribution in [2.75, 3.05) is 26.2 Å². The molecule has 1 aliphatic heterocycles. The van der Waals surface area contributed by atoms with E-state index in [9.17, 15) is 0 Å². The van der Waals surface area contributed by atoms with Crippen molar-refractivity contribution < 1.29 is 0 Å². The van der Waals surface area contributed by atoms with Gasteiger partial charge in [0.1, 0.15) is 4.60 Å². The molecule has 0 bridgehead atoms. The Morgan fingerprint density at radius 1 is 1.33 bits per heavy atom. The fourth-order valence-electron chi connectivity index (χ4n) is 2.79. The molecule has 0 amide bonds. The predicted octanol–water partition coefficient (Wildman–Crippen LogP) is 2.84. The minimum Gasteiger partial charge on any atom is -0.314 e. The standard InChI is InChI=1S/C14H22BrN3/c1-14(2,3)13(18-8-6-16-7-9-18)11-4-5-17-12(15)10-11/h4-5,10,13,16H,6-9H2,1-3H3/t13-/m1/s1. The lowest BCUT2D eigenvalue weighted by atomic mass is 9.81. The second-order valence-electron chi connectivity index (χ2n) is 5.97. The van der Waals surface area contributed by atoms with Crippen molar-refractivity contribution in [3.63, 3.8) is 0 Å². The second kappa shape index (κ2) is 5.68. The Kier molecular flexibility index (Phi) is 4.41. The third-order valence-corrected chi connectivity index (χ3v) is 3.84. The van der Waals surface area contributed by atoms with Crippen molar-refractivity contribution >= 4 is 15.9 Å². The molecule has 2 heterocycles. The number of piperazine rings is 1. The zero-order valence-electron chi connectivity index (χ0n) is 11.4. The first-order valence-electron chi connectivity index (χ1n) is 6.55. The topological polar surface area (TPSA) is 28.2 Å². The fraction of sp³-hybridized carbons (Fsp3) is 0.643. The van der Waals surface area contributed by atoms with Gasteiger partial charge in [-0.2, -0.15) is 0 Å². The van der Waals surface area contributed by atoms with Crippen molar-refractivity contribution in [2.45, 2.75) is 26.8 Å². The van der Waals surface area contributed by atoms with Crippen LogP contribution in [0.1, 0.15) is 32.4 Å². The van der Waals surface area contributed by atoms with Crippen LogP contribution in [0.15, 0.2) is 22.9 Å². The SMILES string of the molecule is CC(C)(C)[C@@H](c1ccnc(Br)c1)N1CCNCC1. The molecule has 3 nitrogen and oxygen atoms in total. The maximum absolute atomic E-state index is 4.24. The van der Waals surface area contributed by atoms with Gasteiger partial charge in [-0.3, -0.25) is 4.90 Å². The van der Waals surface area contributed by atoms with E-state index in [1.807, 2.05) is 6.20 Å².